The Bertz CT molecular complexity index is 186. The molecule has 3 nitrogen and oxygen atoms in total. The van der Waals surface area contributed by atoms with E-state index in [-0.39, 0.29) is 11.2 Å². The third-order valence-electron chi connectivity index (χ3n) is 3.26. The van der Waals surface area contributed by atoms with Gasteiger partial charge in [-0.25, -0.2) is 0 Å². The Labute approximate surface area is 93.5 Å². The van der Waals surface area contributed by atoms with Gasteiger partial charge in [0.15, 0.2) is 0 Å². The Morgan fingerprint density at radius 1 is 1.47 bits per heavy atom. The van der Waals surface area contributed by atoms with Gasteiger partial charge in [-0.3, -0.25) is 0 Å². The van der Waals surface area contributed by atoms with Crippen LogP contribution in [0, 0.1) is 0 Å². The Balaban J connectivity index is 2.11. The van der Waals surface area contributed by atoms with E-state index in [1.165, 1.54) is 12.8 Å². The van der Waals surface area contributed by atoms with E-state index in [0.717, 1.165) is 26.1 Å². The van der Waals surface area contributed by atoms with Crippen molar-refractivity contribution in [2.24, 2.45) is 0 Å². The van der Waals surface area contributed by atoms with Gasteiger partial charge in [-0.15, -0.1) is 0 Å². The summed E-state index contributed by atoms with van der Waals surface area (Å²) < 4.78 is 11.1. The van der Waals surface area contributed by atoms with Gasteiger partial charge >= 0.3 is 0 Å². The molecule has 90 valence electrons. The molecule has 1 rings (SSSR count). The first kappa shape index (κ1) is 12.9. The monoisotopic (exact) mass is 215 g/mol. The molecule has 1 fully saturated rings. The Morgan fingerprint density at radius 2 is 2.20 bits per heavy atom. The number of hydrogen-bond donors (Lipinski definition) is 1. The molecule has 0 aromatic rings. The van der Waals surface area contributed by atoms with Crippen molar-refractivity contribution in [3.63, 3.8) is 0 Å². The first-order valence-corrected chi connectivity index (χ1v) is 5.87. The van der Waals surface area contributed by atoms with Crippen molar-refractivity contribution < 1.29 is 9.47 Å². The van der Waals surface area contributed by atoms with Crippen LogP contribution in [0.2, 0.25) is 0 Å². The van der Waals surface area contributed by atoms with Crippen molar-refractivity contribution in [3.05, 3.63) is 0 Å². The Morgan fingerprint density at radius 3 is 2.73 bits per heavy atom. The van der Waals surface area contributed by atoms with Crippen molar-refractivity contribution in [2.45, 2.75) is 51.2 Å². The van der Waals surface area contributed by atoms with E-state index >= 15 is 0 Å². The Kier molecular flexibility index (Phi) is 4.56. The lowest BCUT2D eigenvalue weighted by molar-refractivity contribution is 0.00687. The second-order valence-corrected chi connectivity index (χ2v) is 5.29. The zero-order valence-corrected chi connectivity index (χ0v) is 10.6. The van der Waals surface area contributed by atoms with Crippen LogP contribution in [0.25, 0.3) is 0 Å². The van der Waals surface area contributed by atoms with Gasteiger partial charge in [0.1, 0.15) is 0 Å². The first-order valence-electron chi connectivity index (χ1n) is 5.87. The lowest BCUT2D eigenvalue weighted by Crippen LogP contribution is -2.39. The predicted molar refractivity (Wildman–Crippen MR) is 62.2 cm³/mol. The molecule has 1 atom stereocenters. The lowest BCUT2D eigenvalue weighted by Gasteiger charge is -2.26. The van der Waals surface area contributed by atoms with Crippen LogP contribution in [-0.4, -0.2) is 38.0 Å². The van der Waals surface area contributed by atoms with E-state index in [1.807, 2.05) is 0 Å². The molecular weight excluding hydrogens is 190 g/mol. The number of nitrogens with one attached hydrogen (secondary N) is 1. The van der Waals surface area contributed by atoms with Gasteiger partial charge in [-0.05, 0) is 46.6 Å². The fourth-order valence-electron chi connectivity index (χ4n) is 1.82. The molecule has 1 aliphatic heterocycles. The molecule has 0 saturated carbocycles. The molecule has 1 heterocycles. The number of ether oxygens (including phenoxy) is 2. The molecule has 1 N–H and O–H groups in total. The van der Waals surface area contributed by atoms with Gasteiger partial charge in [0, 0.05) is 20.3 Å². The topological polar surface area (TPSA) is 30.5 Å². The van der Waals surface area contributed by atoms with Crippen LogP contribution in [0.15, 0.2) is 0 Å². The number of hydrogen-bond acceptors (Lipinski definition) is 3. The highest BCUT2D eigenvalue weighted by Crippen LogP contribution is 2.23. The summed E-state index contributed by atoms with van der Waals surface area (Å²) in [6.45, 7) is 9.27. The molecule has 0 aromatic heterocycles. The largest absolute Gasteiger partial charge is 0.379 e. The molecule has 1 saturated heterocycles. The van der Waals surface area contributed by atoms with Crippen LogP contribution < -0.4 is 5.32 Å². The maximum Gasteiger partial charge on any atom is 0.0779 e. The molecule has 0 bridgehead atoms. The fourth-order valence-corrected chi connectivity index (χ4v) is 1.82. The molecule has 0 radical (unpaired) electrons. The number of rotatable bonds is 6. The van der Waals surface area contributed by atoms with Crippen LogP contribution in [0.1, 0.15) is 40.0 Å². The van der Waals surface area contributed by atoms with Gasteiger partial charge in [0.2, 0.25) is 0 Å². The van der Waals surface area contributed by atoms with Gasteiger partial charge in [0.25, 0.3) is 0 Å². The predicted octanol–water partition coefficient (Wildman–Crippen LogP) is 1.96. The molecule has 0 spiro atoms. The summed E-state index contributed by atoms with van der Waals surface area (Å²) in [5, 5.41) is 3.45. The summed E-state index contributed by atoms with van der Waals surface area (Å²) in [4.78, 5) is 0. The van der Waals surface area contributed by atoms with Crippen molar-refractivity contribution in [1.29, 1.82) is 0 Å². The van der Waals surface area contributed by atoms with Crippen LogP contribution in [0.4, 0.5) is 0 Å². The first-order chi connectivity index (χ1) is 6.97. The minimum absolute atomic E-state index is 0.0234. The molecule has 0 aromatic carbocycles. The van der Waals surface area contributed by atoms with Gasteiger partial charge in [0.05, 0.1) is 11.2 Å². The van der Waals surface area contributed by atoms with Crippen molar-refractivity contribution in [2.75, 3.05) is 26.8 Å². The van der Waals surface area contributed by atoms with Gasteiger partial charge in [-0.2, -0.15) is 0 Å². The van der Waals surface area contributed by atoms with E-state index in [9.17, 15) is 0 Å². The second-order valence-electron chi connectivity index (χ2n) is 5.29. The average molecular weight is 215 g/mol. The number of methoxy groups -OCH3 is 1. The fraction of sp³-hybridized carbons (Fsp3) is 1.00. The summed E-state index contributed by atoms with van der Waals surface area (Å²) >= 11 is 0. The molecule has 3 heteroatoms. The van der Waals surface area contributed by atoms with E-state index < -0.39 is 0 Å². The van der Waals surface area contributed by atoms with Crippen LogP contribution >= 0.6 is 0 Å². The van der Waals surface area contributed by atoms with E-state index in [4.69, 9.17) is 9.47 Å². The van der Waals surface area contributed by atoms with Crippen LogP contribution in [0.3, 0.4) is 0 Å². The standard InChI is InChI=1S/C12H25NO2/c1-11(2,14-4)7-8-13-10-12(3)6-5-9-15-12/h13H,5-10H2,1-4H3. The summed E-state index contributed by atoms with van der Waals surface area (Å²) in [6, 6.07) is 0. The zero-order chi connectivity index (χ0) is 11.4. The zero-order valence-electron chi connectivity index (χ0n) is 10.6. The molecule has 15 heavy (non-hydrogen) atoms. The lowest BCUT2D eigenvalue weighted by atomic mass is 10.0. The van der Waals surface area contributed by atoms with Crippen LogP contribution in [-0.2, 0) is 9.47 Å². The smallest absolute Gasteiger partial charge is 0.0779 e. The molecule has 1 unspecified atom stereocenters. The molecule has 0 amide bonds. The molecule has 1 aliphatic rings. The third-order valence-corrected chi connectivity index (χ3v) is 3.26. The summed E-state index contributed by atoms with van der Waals surface area (Å²) in [5.74, 6) is 0. The summed E-state index contributed by atoms with van der Waals surface area (Å²) in [6.07, 6.45) is 3.40. The minimum Gasteiger partial charge on any atom is -0.379 e. The summed E-state index contributed by atoms with van der Waals surface area (Å²) in [7, 11) is 1.77. The van der Waals surface area contributed by atoms with Gasteiger partial charge < -0.3 is 14.8 Å². The highest BCUT2D eigenvalue weighted by Gasteiger charge is 2.29. The summed E-state index contributed by atoms with van der Waals surface area (Å²) in [5.41, 5.74) is 0.0433. The maximum atomic E-state index is 5.71. The molecular formula is C12H25NO2. The van der Waals surface area contributed by atoms with Crippen molar-refractivity contribution >= 4 is 0 Å². The van der Waals surface area contributed by atoms with Gasteiger partial charge in [-0.1, -0.05) is 0 Å². The van der Waals surface area contributed by atoms with E-state index in [0.29, 0.717) is 0 Å². The van der Waals surface area contributed by atoms with Crippen molar-refractivity contribution in [3.8, 4) is 0 Å². The van der Waals surface area contributed by atoms with E-state index in [1.54, 1.807) is 7.11 Å². The molecule has 0 aliphatic carbocycles. The van der Waals surface area contributed by atoms with Crippen LogP contribution in [0.5, 0.6) is 0 Å². The maximum absolute atomic E-state index is 5.71. The minimum atomic E-state index is -0.0234. The second kappa shape index (κ2) is 5.28. The Hall–Kier alpha value is -0.120. The highest BCUT2D eigenvalue weighted by molar-refractivity contribution is 4.82. The van der Waals surface area contributed by atoms with E-state index in [2.05, 4.69) is 26.1 Å². The SMILES string of the molecule is COC(C)(C)CCNCC1(C)CCCO1. The quantitative estimate of drug-likeness (QED) is 0.687. The third kappa shape index (κ3) is 4.49. The average Bonchev–Trinajstić information content (AvgIpc) is 2.61. The normalized spacial score (nSPS) is 27.2. The van der Waals surface area contributed by atoms with Crippen molar-refractivity contribution in [1.82, 2.24) is 5.32 Å². The highest BCUT2D eigenvalue weighted by atomic mass is 16.5.